The van der Waals surface area contributed by atoms with Crippen molar-refractivity contribution in [2.75, 3.05) is 45.2 Å². The molecule has 3 heterocycles. The molecule has 1 aliphatic heterocycles. The Labute approximate surface area is 281 Å². The maximum atomic E-state index is 16.1. The molecule has 1 fully saturated rings. The molecule has 17 nitrogen and oxygen atoms in total. The number of phosphoric acid groups is 1. The normalized spacial score (nSPS) is 22.8. The van der Waals surface area contributed by atoms with Gasteiger partial charge in [0.15, 0.2) is 23.9 Å². The smallest absolute Gasteiger partial charge is 0.465 e. The lowest BCUT2D eigenvalue weighted by molar-refractivity contribution is -0.144. The van der Waals surface area contributed by atoms with Crippen LogP contribution in [-0.4, -0.2) is 99.2 Å². The Morgan fingerprint density at radius 2 is 1.94 bits per heavy atom. The number of ether oxygens (including phenoxy) is 3. The number of hydrogen-bond acceptors (Lipinski definition) is 14. The van der Waals surface area contributed by atoms with Crippen LogP contribution in [0.2, 0.25) is 5.28 Å². The number of phosphoric ester groups is 1. The Balaban J connectivity index is 1.55. The number of nitrogen functional groups attached to an aromatic ring is 1. The summed E-state index contributed by atoms with van der Waals surface area (Å²) in [6.07, 6.45) is -4.62. The van der Waals surface area contributed by atoms with E-state index in [0.29, 0.717) is 6.54 Å². The summed E-state index contributed by atoms with van der Waals surface area (Å²) in [5.74, 6) is -0.864. The number of anilines is 1. The lowest BCUT2D eigenvalue weighted by Crippen LogP contribution is -2.37. The summed E-state index contributed by atoms with van der Waals surface area (Å²) >= 11 is 5.98. The third-order valence-electron chi connectivity index (χ3n) is 7.15. The maximum absolute atomic E-state index is 16.1. The summed E-state index contributed by atoms with van der Waals surface area (Å²) in [4.78, 5) is 37.1. The van der Waals surface area contributed by atoms with Crippen LogP contribution in [0.15, 0.2) is 36.7 Å². The van der Waals surface area contributed by atoms with E-state index in [-0.39, 0.29) is 41.2 Å². The maximum Gasteiger partial charge on any atom is 0.481 e. The van der Waals surface area contributed by atoms with Crippen LogP contribution in [0.5, 0.6) is 5.75 Å². The molecule has 1 aromatic carbocycles. The molecular formula is C27H39ClFN7O10P2. The van der Waals surface area contributed by atoms with Crippen molar-refractivity contribution >= 4 is 50.1 Å². The fourth-order valence-corrected chi connectivity index (χ4v) is 7.91. The second-order valence-electron chi connectivity index (χ2n) is 10.4. The monoisotopic (exact) mass is 737 g/mol. The number of rotatable bonds is 18. The van der Waals surface area contributed by atoms with E-state index in [2.05, 4.69) is 24.9 Å². The number of aromatic nitrogens is 4. The minimum atomic E-state index is -5.28. The lowest BCUT2D eigenvalue weighted by atomic mass is 10.1. The number of likely N-dealkylation sites (N-methyl/N-ethyl adjacent to an activating group) is 1. The highest BCUT2D eigenvalue weighted by Gasteiger charge is 2.49. The zero-order valence-electron chi connectivity index (χ0n) is 26.7. The summed E-state index contributed by atoms with van der Waals surface area (Å²) in [5, 5.41) is 2.09. The first-order chi connectivity index (χ1) is 22.8. The highest BCUT2D eigenvalue weighted by atomic mass is 35.5. The Kier molecular flexibility index (Phi) is 13.3. The van der Waals surface area contributed by atoms with Crippen LogP contribution in [0.25, 0.3) is 11.2 Å². The molecular weight excluding hydrogens is 699 g/mol. The number of nitrogens with two attached hydrogens (primary N) is 1. The highest BCUT2D eigenvalue weighted by molar-refractivity contribution is 7.63. The van der Waals surface area contributed by atoms with Crippen molar-refractivity contribution in [3.63, 3.8) is 0 Å². The van der Waals surface area contributed by atoms with Gasteiger partial charge in [-0.2, -0.15) is 19.4 Å². The number of para-hydroxylation sites is 1. The number of nitrogens with zero attached hydrogens (tertiary/aromatic N) is 5. The SMILES string of the molecule is CCOC(=O)[C@H](C)NP(=O)(Oc1ccccc1)OP(=O)(O)OC[C@H]1O[C@@H](n2cnc3c(N)nc(Cl)nc32)C(F)C1OCCN(CC)CC. The molecule has 4 N–H and O–H groups in total. The topological polar surface area (TPSA) is 212 Å². The van der Waals surface area contributed by atoms with Gasteiger partial charge in [0.25, 0.3) is 0 Å². The fourth-order valence-electron chi connectivity index (χ4n) is 4.78. The molecule has 7 atom stereocenters. The average molecular weight is 738 g/mol. The Bertz CT molecular complexity index is 1620. The van der Waals surface area contributed by atoms with Crippen molar-refractivity contribution in [1.29, 1.82) is 0 Å². The second-order valence-corrected chi connectivity index (χ2v) is 14.0. The fraction of sp³-hybridized carbons (Fsp3) is 0.556. The van der Waals surface area contributed by atoms with Gasteiger partial charge in [0.1, 0.15) is 29.5 Å². The van der Waals surface area contributed by atoms with Crippen LogP contribution >= 0.6 is 27.2 Å². The van der Waals surface area contributed by atoms with Crippen molar-refractivity contribution in [2.45, 2.75) is 58.3 Å². The van der Waals surface area contributed by atoms with Gasteiger partial charge in [-0.1, -0.05) is 32.0 Å². The van der Waals surface area contributed by atoms with Gasteiger partial charge >= 0.3 is 21.5 Å². The number of carbonyl (C=O) groups is 1. The Hall–Kier alpha value is -2.76. The third-order valence-corrected chi connectivity index (χ3v) is 10.6. The largest absolute Gasteiger partial charge is 0.481 e. The van der Waals surface area contributed by atoms with Crippen LogP contribution in [-0.2, 0) is 37.0 Å². The van der Waals surface area contributed by atoms with Gasteiger partial charge in [-0.25, -0.2) is 18.5 Å². The molecule has 266 valence electrons. The molecule has 0 bridgehead atoms. The van der Waals surface area contributed by atoms with Crippen molar-refractivity contribution in [2.24, 2.45) is 0 Å². The number of alkyl halides is 1. The number of halogens is 2. The number of hydrogen-bond donors (Lipinski definition) is 3. The van der Waals surface area contributed by atoms with Crippen LogP contribution in [0.1, 0.15) is 33.9 Å². The summed E-state index contributed by atoms with van der Waals surface area (Å²) < 4.78 is 76.7. The summed E-state index contributed by atoms with van der Waals surface area (Å²) in [7, 11) is -10.1. The first-order valence-corrected chi connectivity index (χ1v) is 18.5. The Morgan fingerprint density at radius 3 is 2.60 bits per heavy atom. The van der Waals surface area contributed by atoms with Gasteiger partial charge in [0, 0.05) is 6.54 Å². The number of imidazole rings is 1. The summed E-state index contributed by atoms with van der Waals surface area (Å²) in [6.45, 7) is 8.09. The first-order valence-electron chi connectivity index (χ1n) is 15.1. The Morgan fingerprint density at radius 1 is 1.23 bits per heavy atom. The van der Waals surface area contributed by atoms with Gasteiger partial charge in [-0.3, -0.25) is 13.9 Å². The number of esters is 1. The standard InChI is InChI=1S/C27H39ClFN7O10P2/c1-5-35(6-2)13-14-42-22-19(44-25(20(22)29)36-16-31-21-23(30)32-27(28)33-24(21)36)15-43-48(39,40)46-47(38,34-17(4)26(37)41-7-3)45-18-11-9-8-10-12-18/h8-12,16-17,19-20,22,25H,5-7,13-15H2,1-4H3,(H,34,38)(H,39,40)(H2,30,32,33)/t17-,19+,20?,22?,25+,47?/m0/s1. The zero-order chi connectivity index (χ0) is 35.1. The molecule has 1 aliphatic rings. The number of nitrogens with one attached hydrogen (secondary N) is 1. The first kappa shape index (κ1) is 38.0. The van der Waals surface area contributed by atoms with Crippen molar-refractivity contribution in [3.8, 4) is 5.75 Å². The van der Waals surface area contributed by atoms with Crippen molar-refractivity contribution in [1.82, 2.24) is 29.5 Å². The van der Waals surface area contributed by atoms with Crippen LogP contribution in [0.3, 0.4) is 0 Å². The molecule has 1 saturated heterocycles. The van der Waals surface area contributed by atoms with Gasteiger partial charge in [0.2, 0.25) is 5.28 Å². The molecule has 21 heteroatoms. The third kappa shape index (κ3) is 9.69. The van der Waals surface area contributed by atoms with E-state index in [4.69, 9.17) is 44.9 Å². The molecule has 0 amide bonds. The molecule has 3 aromatic rings. The molecule has 0 aliphatic carbocycles. The van der Waals surface area contributed by atoms with E-state index >= 15 is 4.39 Å². The lowest BCUT2D eigenvalue weighted by Gasteiger charge is -2.25. The number of benzene rings is 1. The van der Waals surface area contributed by atoms with Crippen molar-refractivity contribution < 1.29 is 50.8 Å². The quantitative estimate of drug-likeness (QED) is 0.0960. The van der Waals surface area contributed by atoms with E-state index in [1.54, 1.807) is 25.1 Å². The highest BCUT2D eigenvalue weighted by Crippen LogP contribution is 2.60. The van der Waals surface area contributed by atoms with E-state index in [0.717, 1.165) is 13.1 Å². The molecule has 0 saturated carbocycles. The minimum absolute atomic E-state index is 0.00888. The summed E-state index contributed by atoms with van der Waals surface area (Å²) in [5.41, 5.74) is 6.14. The summed E-state index contributed by atoms with van der Waals surface area (Å²) in [6, 6.07) is 6.31. The molecule has 0 spiro atoms. The molecule has 4 rings (SSSR count). The van der Waals surface area contributed by atoms with Crippen LogP contribution < -0.4 is 15.3 Å². The van der Waals surface area contributed by atoms with Crippen LogP contribution in [0, 0.1) is 0 Å². The molecule has 2 aromatic heterocycles. The van der Waals surface area contributed by atoms with Gasteiger partial charge in [-0.15, -0.1) is 0 Å². The number of carbonyl (C=O) groups excluding carboxylic acids is 1. The minimum Gasteiger partial charge on any atom is -0.465 e. The average Bonchev–Trinajstić information content (AvgIpc) is 3.58. The predicted molar refractivity (Wildman–Crippen MR) is 172 cm³/mol. The molecule has 48 heavy (non-hydrogen) atoms. The van der Waals surface area contributed by atoms with Gasteiger partial charge < -0.3 is 34.3 Å². The molecule has 4 unspecified atom stereocenters. The van der Waals surface area contributed by atoms with E-state index < -0.39 is 58.8 Å². The van der Waals surface area contributed by atoms with E-state index in [9.17, 15) is 18.8 Å². The van der Waals surface area contributed by atoms with E-state index in [1.165, 1.54) is 30.0 Å². The van der Waals surface area contributed by atoms with Crippen LogP contribution in [0.4, 0.5) is 10.2 Å². The van der Waals surface area contributed by atoms with Crippen molar-refractivity contribution in [3.05, 3.63) is 41.9 Å². The zero-order valence-corrected chi connectivity index (χ0v) is 29.2. The molecule has 0 radical (unpaired) electrons. The number of fused-ring (bicyclic) bond motifs is 1. The second kappa shape index (κ2) is 16.8. The van der Waals surface area contributed by atoms with Gasteiger partial charge in [-0.05, 0) is 50.7 Å². The van der Waals surface area contributed by atoms with Gasteiger partial charge in [0.05, 0.1) is 26.1 Å². The predicted octanol–water partition coefficient (Wildman–Crippen LogP) is 3.89. The van der Waals surface area contributed by atoms with E-state index in [1.807, 2.05) is 13.8 Å².